The number of aromatic nitrogens is 2. The van der Waals surface area contributed by atoms with Crippen molar-refractivity contribution in [3.63, 3.8) is 0 Å². The Balaban J connectivity index is 1.27. The molecule has 0 unspecified atom stereocenters. The first-order chi connectivity index (χ1) is 30.1. The molecule has 0 spiro atoms. The largest absolute Gasteiger partial charge is 0.339 e. The number of hydrogen-bond acceptors (Lipinski definition) is 1. The molecule has 0 atom stereocenters. The fourth-order valence-electron chi connectivity index (χ4n) is 11.2. The average molecular weight is 792 g/mol. The zero-order valence-electron chi connectivity index (χ0n) is 35.9. The number of para-hydroxylation sites is 4. The molecule has 11 rings (SSSR count). The molecule has 2 heterocycles. The number of benzene rings is 8. The lowest BCUT2D eigenvalue weighted by molar-refractivity contribution is 0.414. The number of anilines is 3. The molecule has 0 saturated heterocycles. The summed E-state index contributed by atoms with van der Waals surface area (Å²) in [7, 11) is 0. The van der Waals surface area contributed by atoms with Crippen LogP contribution in [0.1, 0.15) is 76.0 Å². The van der Waals surface area contributed by atoms with Crippen molar-refractivity contribution in [2.24, 2.45) is 0 Å². The number of unbranched alkanes of at least 4 members (excludes halogenated alkanes) is 2. The van der Waals surface area contributed by atoms with E-state index in [-0.39, 0.29) is 5.41 Å². The van der Waals surface area contributed by atoms with Crippen molar-refractivity contribution in [3.8, 4) is 16.8 Å². The van der Waals surface area contributed by atoms with Gasteiger partial charge in [0.05, 0.1) is 27.9 Å². The number of aryl methyl sites for hydroxylation is 2. The molecular weight excluding hydrogens is 739 g/mol. The highest BCUT2D eigenvalue weighted by Gasteiger charge is 2.44. The number of nitrogens with zero attached hydrogens (tertiary/aromatic N) is 3. The van der Waals surface area contributed by atoms with Crippen molar-refractivity contribution in [3.05, 3.63) is 180 Å². The zero-order chi connectivity index (χ0) is 41.2. The van der Waals surface area contributed by atoms with E-state index in [4.69, 9.17) is 0 Å². The van der Waals surface area contributed by atoms with Gasteiger partial charge in [0.2, 0.25) is 0 Å². The van der Waals surface area contributed by atoms with E-state index in [0.29, 0.717) is 0 Å². The van der Waals surface area contributed by atoms with Crippen molar-refractivity contribution < 1.29 is 0 Å². The summed E-state index contributed by atoms with van der Waals surface area (Å²) < 4.78 is 4.96. The summed E-state index contributed by atoms with van der Waals surface area (Å²) >= 11 is 0. The Morgan fingerprint density at radius 2 is 1.13 bits per heavy atom. The van der Waals surface area contributed by atoms with E-state index < -0.39 is 0 Å². The van der Waals surface area contributed by atoms with E-state index >= 15 is 0 Å². The fraction of sp³-hybridized carbons (Fsp3) is 0.207. The Labute approximate surface area is 359 Å². The SMILES string of the molecule is CCCCC1(CCCC)c2cc(C)ccc2-c2c1cc(N(c1ccc3c(c1)c1ccccc1n3-c1ccccc1)c1cccc3c4ccccc4n(CC)c13)c1ccccc21. The zero-order valence-corrected chi connectivity index (χ0v) is 35.9. The van der Waals surface area contributed by atoms with E-state index in [1.807, 2.05) is 0 Å². The topological polar surface area (TPSA) is 13.1 Å². The minimum absolute atomic E-state index is 0.0649. The first kappa shape index (κ1) is 37.4. The van der Waals surface area contributed by atoms with Crippen LogP contribution in [0.2, 0.25) is 0 Å². The van der Waals surface area contributed by atoms with Gasteiger partial charge < -0.3 is 14.0 Å². The normalized spacial score (nSPS) is 13.2. The average Bonchev–Trinajstić information content (AvgIpc) is 3.91. The quantitative estimate of drug-likeness (QED) is 0.127. The molecule has 1 aliphatic carbocycles. The van der Waals surface area contributed by atoms with E-state index in [1.165, 1.54) is 125 Å². The van der Waals surface area contributed by atoms with E-state index in [2.05, 4.69) is 206 Å². The second kappa shape index (κ2) is 14.9. The van der Waals surface area contributed by atoms with Gasteiger partial charge in [-0.25, -0.2) is 0 Å². The molecule has 8 aromatic carbocycles. The molecule has 0 amide bonds. The van der Waals surface area contributed by atoms with Crippen LogP contribution in [-0.2, 0) is 12.0 Å². The Kier molecular flexibility index (Phi) is 9.11. The maximum atomic E-state index is 2.65. The highest BCUT2D eigenvalue weighted by molar-refractivity contribution is 6.17. The molecule has 3 nitrogen and oxygen atoms in total. The van der Waals surface area contributed by atoms with E-state index in [9.17, 15) is 0 Å². The summed E-state index contributed by atoms with van der Waals surface area (Å²) in [5.41, 5.74) is 16.9. The van der Waals surface area contributed by atoms with Gasteiger partial charge in [0.25, 0.3) is 0 Å². The van der Waals surface area contributed by atoms with Gasteiger partial charge in [-0.3, -0.25) is 0 Å². The molecule has 0 saturated carbocycles. The van der Waals surface area contributed by atoms with Crippen LogP contribution in [0.25, 0.3) is 71.2 Å². The van der Waals surface area contributed by atoms with Crippen LogP contribution in [-0.4, -0.2) is 9.13 Å². The van der Waals surface area contributed by atoms with Crippen molar-refractivity contribution in [2.75, 3.05) is 4.90 Å². The van der Waals surface area contributed by atoms with Crippen LogP contribution in [0.3, 0.4) is 0 Å². The highest BCUT2D eigenvalue weighted by Crippen LogP contribution is 2.59. The molecule has 0 aliphatic heterocycles. The second-order valence-corrected chi connectivity index (χ2v) is 17.4. The minimum Gasteiger partial charge on any atom is -0.339 e. The van der Waals surface area contributed by atoms with Gasteiger partial charge in [0.1, 0.15) is 0 Å². The van der Waals surface area contributed by atoms with Crippen LogP contribution in [0.5, 0.6) is 0 Å². The smallest absolute Gasteiger partial charge is 0.0736 e. The maximum absolute atomic E-state index is 2.65. The van der Waals surface area contributed by atoms with Crippen LogP contribution in [0, 0.1) is 6.92 Å². The summed E-state index contributed by atoms with van der Waals surface area (Å²) in [5.74, 6) is 0. The van der Waals surface area contributed by atoms with Gasteiger partial charge in [-0.15, -0.1) is 0 Å². The van der Waals surface area contributed by atoms with Gasteiger partial charge in [0, 0.05) is 55.8 Å². The minimum atomic E-state index is -0.0649. The fourth-order valence-corrected chi connectivity index (χ4v) is 11.2. The Morgan fingerprint density at radius 3 is 1.87 bits per heavy atom. The third-order valence-corrected chi connectivity index (χ3v) is 13.9. The van der Waals surface area contributed by atoms with Crippen molar-refractivity contribution in [1.29, 1.82) is 0 Å². The monoisotopic (exact) mass is 791 g/mol. The number of fused-ring (bicyclic) bond motifs is 11. The third kappa shape index (κ3) is 5.63. The third-order valence-electron chi connectivity index (χ3n) is 13.9. The summed E-state index contributed by atoms with van der Waals surface area (Å²) in [5, 5.41) is 7.70. The van der Waals surface area contributed by atoms with Gasteiger partial charge in [0.15, 0.2) is 0 Å². The molecule has 3 heteroatoms. The van der Waals surface area contributed by atoms with Crippen LogP contribution < -0.4 is 4.90 Å². The second-order valence-electron chi connectivity index (χ2n) is 17.4. The lowest BCUT2D eigenvalue weighted by atomic mass is 9.70. The standard InChI is InChI=1S/C58H53N3/c1-5-8-34-58(35-9-6-2)49-36-39(4)30-32-47(49)56-45-25-14-13-22-42(45)55(38-50(56)58)61(54-29-19-26-46-43-23-15-17-27-51(43)59(7-3)57(46)54)41-31-33-53-48(37-41)44-24-16-18-28-52(44)60(53)40-20-11-10-12-21-40/h10-33,36-38H,5-9,34-35H2,1-4H3. The first-order valence-corrected chi connectivity index (χ1v) is 22.6. The predicted molar refractivity (Wildman–Crippen MR) is 262 cm³/mol. The van der Waals surface area contributed by atoms with Crippen molar-refractivity contribution >= 4 is 71.4 Å². The van der Waals surface area contributed by atoms with Crippen molar-refractivity contribution in [1.82, 2.24) is 9.13 Å². The molecule has 0 fully saturated rings. The lowest BCUT2D eigenvalue weighted by Gasteiger charge is -2.35. The molecule has 300 valence electrons. The molecule has 0 bridgehead atoms. The van der Waals surface area contributed by atoms with Gasteiger partial charge in [-0.2, -0.15) is 0 Å². The number of rotatable bonds is 11. The van der Waals surface area contributed by atoms with E-state index in [1.54, 1.807) is 0 Å². The van der Waals surface area contributed by atoms with E-state index in [0.717, 1.165) is 25.1 Å². The highest BCUT2D eigenvalue weighted by atomic mass is 15.2. The van der Waals surface area contributed by atoms with Crippen LogP contribution >= 0.6 is 0 Å². The lowest BCUT2D eigenvalue weighted by Crippen LogP contribution is -2.26. The summed E-state index contributed by atoms with van der Waals surface area (Å²) in [6.07, 6.45) is 7.04. The van der Waals surface area contributed by atoms with Gasteiger partial charge in [-0.05, 0) is 109 Å². The van der Waals surface area contributed by atoms with Crippen LogP contribution in [0.15, 0.2) is 164 Å². The molecule has 1 aliphatic rings. The molecule has 0 N–H and O–H groups in total. The summed E-state index contributed by atoms with van der Waals surface area (Å²) in [4.78, 5) is 2.63. The summed E-state index contributed by atoms with van der Waals surface area (Å²) in [6.45, 7) is 10.1. The Hall–Kier alpha value is -6.58. The maximum Gasteiger partial charge on any atom is 0.0736 e. The Bertz CT molecular complexity index is 3280. The van der Waals surface area contributed by atoms with Crippen LogP contribution in [0.4, 0.5) is 17.1 Å². The van der Waals surface area contributed by atoms with Gasteiger partial charge in [-0.1, -0.05) is 154 Å². The molecular formula is C58H53N3. The molecule has 61 heavy (non-hydrogen) atoms. The number of hydrogen-bond donors (Lipinski definition) is 0. The molecule has 0 radical (unpaired) electrons. The predicted octanol–water partition coefficient (Wildman–Crippen LogP) is 16.5. The van der Waals surface area contributed by atoms with Crippen molar-refractivity contribution in [2.45, 2.75) is 78.2 Å². The van der Waals surface area contributed by atoms with Gasteiger partial charge >= 0.3 is 0 Å². The Morgan fingerprint density at radius 1 is 0.492 bits per heavy atom. The molecule has 2 aromatic heterocycles. The molecule has 10 aromatic rings. The summed E-state index contributed by atoms with van der Waals surface area (Å²) in [6, 6.07) is 62.0. The first-order valence-electron chi connectivity index (χ1n) is 22.6.